The molecule has 0 aliphatic carbocycles. The Morgan fingerprint density at radius 1 is 0.848 bits per heavy atom. The average Bonchev–Trinajstić information content (AvgIpc) is 2.82. The van der Waals surface area contributed by atoms with Crippen molar-refractivity contribution in [2.75, 3.05) is 6.54 Å². The highest BCUT2D eigenvalue weighted by Gasteiger charge is 2.30. The van der Waals surface area contributed by atoms with Gasteiger partial charge in [-0.1, -0.05) is 92.7 Å². The molecule has 0 heterocycles. The quantitative estimate of drug-likeness (QED) is 0.487. The van der Waals surface area contributed by atoms with Gasteiger partial charge in [-0.05, 0) is 28.7 Å². The van der Waals surface area contributed by atoms with Gasteiger partial charge in [-0.25, -0.2) is 4.39 Å². The van der Waals surface area contributed by atoms with Crippen molar-refractivity contribution >= 4 is 11.8 Å². The van der Waals surface area contributed by atoms with Crippen LogP contribution in [0.4, 0.5) is 4.39 Å². The molecule has 0 saturated carbocycles. The smallest absolute Gasteiger partial charge is 0.243 e. The van der Waals surface area contributed by atoms with E-state index in [2.05, 4.69) is 5.32 Å². The third-order valence-electron chi connectivity index (χ3n) is 5.45. The first-order valence-corrected chi connectivity index (χ1v) is 11.3. The molecule has 1 unspecified atom stereocenters. The number of hydrogen-bond donors (Lipinski definition) is 1. The molecule has 3 aromatic rings. The van der Waals surface area contributed by atoms with Gasteiger partial charge in [-0.2, -0.15) is 0 Å². The number of benzene rings is 3. The predicted molar refractivity (Wildman–Crippen MR) is 129 cm³/mol. The second kappa shape index (κ2) is 12.0. The Hall–Kier alpha value is -3.47. The summed E-state index contributed by atoms with van der Waals surface area (Å²) in [5, 5.41) is 2.99. The highest BCUT2D eigenvalue weighted by Crippen LogP contribution is 2.17. The molecule has 1 N–H and O–H groups in total. The van der Waals surface area contributed by atoms with Crippen LogP contribution in [0.3, 0.4) is 0 Å². The first-order valence-electron chi connectivity index (χ1n) is 11.3. The van der Waals surface area contributed by atoms with E-state index < -0.39 is 11.9 Å². The Bertz CT molecular complexity index is 1040. The van der Waals surface area contributed by atoms with Gasteiger partial charge in [0.05, 0.1) is 6.42 Å². The van der Waals surface area contributed by atoms with Crippen molar-refractivity contribution in [2.24, 2.45) is 5.92 Å². The summed E-state index contributed by atoms with van der Waals surface area (Å²) in [6.07, 6.45) is 0.267. The summed E-state index contributed by atoms with van der Waals surface area (Å²) in [4.78, 5) is 28.4. The SMILES string of the molecule is CC(C)CNC(=O)C(Cc1ccccc1)N(Cc1ccccc1)C(=O)Cc1ccccc1F. The molecule has 3 rings (SSSR count). The van der Waals surface area contributed by atoms with E-state index in [-0.39, 0.29) is 30.7 Å². The van der Waals surface area contributed by atoms with Gasteiger partial charge in [0.15, 0.2) is 0 Å². The zero-order valence-electron chi connectivity index (χ0n) is 19.2. The highest BCUT2D eigenvalue weighted by molar-refractivity contribution is 5.88. The van der Waals surface area contributed by atoms with Crippen molar-refractivity contribution in [1.29, 1.82) is 0 Å². The molecule has 5 heteroatoms. The van der Waals surface area contributed by atoms with Gasteiger partial charge in [0.2, 0.25) is 11.8 Å². The third-order valence-corrected chi connectivity index (χ3v) is 5.45. The maximum atomic E-state index is 14.3. The van der Waals surface area contributed by atoms with Gasteiger partial charge in [0, 0.05) is 19.5 Å². The van der Waals surface area contributed by atoms with E-state index >= 15 is 0 Å². The zero-order chi connectivity index (χ0) is 23.6. The molecule has 3 aromatic carbocycles. The minimum atomic E-state index is -0.717. The molecule has 33 heavy (non-hydrogen) atoms. The third kappa shape index (κ3) is 7.28. The molecule has 2 amide bonds. The number of carbonyl (C=O) groups excluding carboxylic acids is 2. The zero-order valence-corrected chi connectivity index (χ0v) is 19.2. The lowest BCUT2D eigenvalue weighted by atomic mass is 10.0. The largest absolute Gasteiger partial charge is 0.354 e. The molecule has 172 valence electrons. The van der Waals surface area contributed by atoms with Gasteiger partial charge < -0.3 is 10.2 Å². The minimum Gasteiger partial charge on any atom is -0.354 e. The summed E-state index contributed by atoms with van der Waals surface area (Å²) in [6.45, 7) is 4.83. The molecule has 0 bridgehead atoms. The lowest BCUT2D eigenvalue weighted by Gasteiger charge is -2.32. The molecule has 4 nitrogen and oxygen atoms in total. The molecular formula is C28H31FN2O2. The summed E-state index contributed by atoms with van der Waals surface area (Å²) < 4.78 is 14.3. The molecule has 0 spiro atoms. The number of amides is 2. The number of nitrogens with zero attached hydrogens (tertiary/aromatic N) is 1. The topological polar surface area (TPSA) is 49.4 Å². The van der Waals surface area contributed by atoms with Crippen LogP contribution < -0.4 is 5.32 Å². The Morgan fingerprint density at radius 3 is 2.03 bits per heavy atom. The Labute approximate surface area is 195 Å². The Balaban J connectivity index is 1.94. The lowest BCUT2D eigenvalue weighted by Crippen LogP contribution is -2.51. The van der Waals surface area contributed by atoms with E-state index in [0.717, 1.165) is 11.1 Å². The van der Waals surface area contributed by atoms with Gasteiger partial charge in [0.25, 0.3) is 0 Å². The fourth-order valence-electron chi connectivity index (χ4n) is 3.66. The van der Waals surface area contributed by atoms with Crippen LogP contribution >= 0.6 is 0 Å². The van der Waals surface area contributed by atoms with Crippen molar-refractivity contribution in [3.63, 3.8) is 0 Å². The fraction of sp³-hybridized carbons (Fsp3) is 0.286. The Morgan fingerprint density at radius 2 is 1.42 bits per heavy atom. The van der Waals surface area contributed by atoms with Crippen LogP contribution in [-0.2, 0) is 29.0 Å². The lowest BCUT2D eigenvalue weighted by molar-refractivity contribution is -0.140. The summed E-state index contributed by atoms with van der Waals surface area (Å²) in [5.41, 5.74) is 2.19. The maximum Gasteiger partial charge on any atom is 0.243 e. The van der Waals surface area contributed by atoms with Crippen LogP contribution in [0, 0.1) is 11.7 Å². The van der Waals surface area contributed by atoms with Crippen molar-refractivity contribution < 1.29 is 14.0 Å². The van der Waals surface area contributed by atoms with Crippen LogP contribution in [0.5, 0.6) is 0 Å². The number of nitrogens with one attached hydrogen (secondary N) is 1. The molecule has 0 aromatic heterocycles. The van der Waals surface area contributed by atoms with E-state index in [1.807, 2.05) is 74.5 Å². The van der Waals surface area contributed by atoms with Gasteiger partial charge in [0.1, 0.15) is 11.9 Å². The second-order valence-corrected chi connectivity index (χ2v) is 8.62. The summed E-state index contributed by atoms with van der Waals surface area (Å²) in [6, 6.07) is 24.8. The molecular weight excluding hydrogens is 415 g/mol. The van der Waals surface area contributed by atoms with Crippen LogP contribution in [-0.4, -0.2) is 29.3 Å². The maximum absolute atomic E-state index is 14.3. The Kier molecular flexibility index (Phi) is 8.76. The predicted octanol–water partition coefficient (Wildman–Crippen LogP) is 4.78. The van der Waals surface area contributed by atoms with Crippen molar-refractivity contribution in [3.05, 3.63) is 107 Å². The average molecular weight is 447 g/mol. The van der Waals surface area contributed by atoms with Crippen LogP contribution in [0.2, 0.25) is 0 Å². The number of carbonyl (C=O) groups is 2. The normalized spacial score (nSPS) is 11.8. The molecule has 0 radical (unpaired) electrons. The van der Waals surface area contributed by atoms with Crippen LogP contribution in [0.25, 0.3) is 0 Å². The van der Waals surface area contributed by atoms with Gasteiger partial charge >= 0.3 is 0 Å². The number of halogens is 1. The monoisotopic (exact) mass is 446 g/mol. The number of hydrogen-bond acceptors (Lipinski definition) is 2. The standard InChI is InChI=1S/C28H31FN2O2/c1-21(2)19-30-28(33)26(17-22-11-5-3-6-12-22)31(20-23-13-7-4-8-14-23)27(32)18-24-15-9-10-16-25(24)29/h3-16,21,26H,17-20H2,1-2H3,(H,30,33). The minimum absolute atomic E-state index is 0.109. The van der Waals surface area contributed by atoms with Crippen LogP contribution in [0.1, 0.15) is 30.5 Å². The summed E-state index contributed by atoms with van der Waals surface area (Å²) in [7, 11) is 0. The molecule has 0 aliphatic rings. The molecule has 0 fully saturated rings. The van der Waals surface area contributed by atoms with Gasteiger partial charge in [-0.3, -0.25) is 9.59 Å². The summed E-state index contributed by atoms with van der Waals surface area (Å²) in [5.74, 6) is -0.632. The first kappa shape index (κ1) is 24.2. The summed E-state index contributed by atoms with van der Waals surface area (Å²) >= 11 is 0. The molecule has 0 aliphatic heterocycles. The van der Waals surface area contributed by atoms with E-state index in [4.69, 9.17) is 0 Å². The van der Waals surface area contributed by atoms with E-state index in [0.29, 0.717) is 18.5 Å². The van der Waals surface area contributed by atoms with Crippen molar-refractivity contribution in [2.45, 2.75) is 39.3 Å². The van der Waals surface area contributed by atoms with Crippen molar-refractivity contribution in [1.82, 2.24) is 10.2 Å². The molecule has 1 atom stereocenters. The molecule has 0 saturated heterocycles. The number of rotatable bonds is 10. The second-order valence-electron chi connectivity index (χ2n) is 8.62. The fourth-order valence-corrected chi connectivity index (χ4v) is 3.66. The van der Waals surface area contributed by atoms with E-state index in [1.54, 1.807) is 23.1 Å². The van der Waals surface area contributed by atoms with Gasteiger partial charge in [-0.15, -0.1) is 0 Å². The highest BCUT2D eigenvalue weighted by atomic mass is 19.1. The van der Waals surface area contributed by atoms with Crippen molar-refractivity contribution in [3.8, 4) is 0 Å². The van der Waals surface area contributed by atoms with E-state index in [9.17, 15) is 14.0 Å². The van der Waals surface area contributed by atoms with Crippen LogP contribution in [0.15, 0.2) is 84.9 Å². The van der Waals surface area contributed by atoms with E-state index in [1.165, 1.54) is 6.07 Å². The first-order chi connectivity index (χ1) is 15.9.